The quantitative estimate of drug-likeness (QED) is 0.688. The molecule has 1 N–H and O–H groups in total. The zero-order valence-electron chi connectivity index (χ0n) is 12.9. The molecule has 0 aliphatic heterocycles. The van der Waals surface area contributed by atoms with Crippen molar-refractivity contribution in [1.82, 2.24) is 4.98 Å². The molecule has 0 spiro atoms. The molecule has 0 aliphatic rings. The van der Waals surface area contributed by atoms with Crippen LogP contribution in [0.2, 0.25) is 5.02 Å². The molecule has 0 bridgehead atoms. The number of nitrogens with one attached hydrogen (secondary N) is 1. The summed E-state index contributed by atoms with van der Waals surface area (Å²) in [6, 6.07) is 11.2. The Balaban J connectivity index is 1.85. The van der Waals surface area contributed by atoms with E-state index in [0.717, 1.165) is 17.6 Å². The van der Waals surface area contributed by atoms with E-state index in [0.29, 0.717) is 26.5 Å². The molecular weight excluding hydrogens is 404 g/mol. The molecule has 0 atom stereocenters. The Morgan fingerprint density at radius 1 is 1.08 bits per heavy atom. The minimum atomic E-state index is -3.62. The van der Waals surface area contributed by atoms with Crippen LogP contribution in [-0.4, -0.2) is 28.1 Å². The zero-order valence-corrected chi connectivity index (χ0v) is 16.1. The Morgan fingerprint density at radius 3 is 2.40 bits per heavy atom. The fourth-order valence-electron chi connectivity index (χ4n) is 2.14. The van der Waals surface area contributed by atoms with Crippen molar-refractivity contribution in [2.45, 2.75) is 10.1 Å². The maximum absolute atomic E-state index is 12.3. The molecule has 0 unspecified atom stereocenters. The minimum Gasteiger partial charge on any atom is -0.283 e. The number of sulfonamides is 1. The Labute approximate surface area is 154 Å². The Morgan fingerprint density at radius 2 is 1.76 bits per heavy atom. The predicted molar refractivity (Wildman–Crippen MR) is 100 cm³/mol. The number of hydrogen-bond acceptors (Lipinski definition) is 6. The van der Waals surface area contributed by atoms with Gasteiger partial charge >= 0.3 is 0 Å². The third-order valence-electron chi connectivity index (χ3n) is 3.23. The van der Waals surface area contributed by atoms with Crippen LogP contribution in [0.15, 0.2) is 46.8 Å². The normalized spacial score (nSPS) is 12.4. The van der Waals surface area contributed by atoms with Gasteiger partial charge in [0.15, 0.2) is 0 Å². The Bertz CT molecular complexity index is 1140. The third-order valence-corrected chi connectivity index (χ3v) is 7.44. The Hall–Kier alpha value is -1.68. The fraction of sp³-hybridized carbons (Fsp3) is 0.133. The number of benzene rings is 2. The highest BCUT2D eigenvalue weighted by Crippen LogP contribution is 2.28. The van der Waals surface area contributed by atoms with Gasteiger partial charge in [-0.05, 0) is 35.9 Å². The van der Waals surface area contributed by atoms with E-state index in [1.807, 2.05) is 0 Å². The lowest BCUT2D eigenvalue weighted by Gasteiger charge is -2.08. The number of nitrogens with zero attached hydrogens (tertiary/aromatic N) is 1. The molecule has 3 rings (SSSR count). The largest absolute Gasteiger partial charge is 0.283 e. The number of hydrogen-bond donors (Lipinski definition) is 1. The SMILES string of the molecule is CS(=O)(=O)c1nc2ccc(NS(=O)(=O)Cc3ccc(Cl)cc3)cc2s1. The summed E-state index contributed by atoms with van der Waals surface area (Å²) in [6.45, 7) is 0. The molecule has 0 saturated heterocycles. The van der Waals surface area contributed by atoms with Crippen molar-refractivity contribution in [1.29, 1.82) is 0 Å². The summed E-state index contributed by atoms with van der Waals surface area (Å²) in [4.78, 5) is 4.04. The van der Waals surface area contributed by atoms with Crippen molar-refractivity contribution in [2.24, 2.45) is 0 Å². The second kappa shape index (κ2) is 6.56. The van der Waals surface area contributed by atoms with Gasteiger partial charge in [0.25, 0.3) is 0 Å². The first-order valence-corrected chi connectivity index (χ1v) is 11.7. The van der Waals surface area contributed by atoms with Gasteiger partial charge in [-0.25, -0.2) is 21.8 Å². The topological polar surface area (TPSA) is 93.2 Å². The van der Waals surface area contributed by atoms with Crippen LogP contribution in [0.3, 0.4) is 0 Å². The molecule has 0 radical (unpaired) electrons. The second-order valence-corrected chi connectivity index (χ2v) is 10.8. The lowest BCUT2D eigenvalue weighted by atomic mass is 10.2. The van der Waals surface area contributed by atoms with E-state index >= 15 is 0 Å². The highest BCUT2D eigenvalue weighted by molar-refractivity contribution is 7.92. The van der Waals surface area contributed by atoms with E-state index in [1.54, 1.807) is 42.5 Å². The molecule has 3 aromatic rings. The highest BCUT2D eigenvalue weighted by atomic mass is 35.5. The van der Waals surface area contributed by atoms with Gasteiger partial charge < -0.3 is 0 Å². The first-order valence-electron chi connectivity index (χ1n) is 6.98. The third kappa shape index (κ3) is 4.49. The summed E-state index contributed by atoms with van der Waals surface area (Å²) in [5.74, 6) is -0.195. The van der Waals surface area contributed by atoms with Crippen LogP contribution in [-0.2, 0) is 25.6 Å². The summed E-state index contributed by atoms with van der Waals surface area (Å²) < 4.78 is 50.8. The Kier molecular flexibility index (Phi) is 4.76. The second-order valence-electron chi connectivity index (χ2n) is 5.42. The van der Waals surface area contributed by atoms with Crippen LogP contribution in [0.1, 0.15) is 5.56 Å². The van der Waals surface area contributed by atoms with Crippen LogP contribution in [0.4, 0.5) is 5.69 Å². The standard InChI is InChI=1S/C15H13ClN2O4S3/c1-24(19,20)15-17-13-7-6-12(8-14(13)23-15)18-25(21,22)9-10-2-4-11(16)5-3-10/h2-8,18H,9H2,1H3. The number of aromatic nitrogens is 1. The molecule has 132 valence electrons. The molecular formula is C15H13ClN2O4S3. The summed E-state index contributed by atoms with van der Waals surface area (Å²) >= 11 is 6.79. The molecule has 0 saturated carbocycles. The van der Waals surface area contributed by atoms with Crippen LogP contribution < -0.4 is 4.72 Å². The van der Waals surface area contributed by atoms with Gasteiger partial charge in [-0.15, -0.1) is 11.3 Å². The summed E-state index contributed by atoms with van der Waals surface area (Å²) in [6.07, 6.45) is 1.08. The summed E-state index contributed by atoms with van der Waals surface area (Å²) in [5, 5.41) is 0.534. The van der Waals surface area contributed by atoms with E-state index < -0.39 is 19.9 Å². The first-order chi connectivity index (χ1) is 11.6. The van der Waals surface area contributed by atoms with Gasteiger partial charge in [0.2, 0.25) is 24.2 Å². The van der Waals surface area contributed by atoms with Gasteiger partial charge in [0, 0.05) is 11.3 Å². The zero-order chi connectivity index (χ0) is 18.2. The van der Waals surface area contributed by atoms with E-state index in [9.17, 15) is 16.8 Å². The van der Waals surface area contributed by atoms with Crippen LogP contribution in [0.25, 0.3) is 10.2 Å². The molecule has 2 aromatic carbocycles. The number of anilines is 1. The van der Waals surface area contributed by atoms with Crippen LogP contribution in [0, 0.1) is 0 Å². The van der Waals surface area contributed by atoms with Gasteiger partial charge in [-0.2, -0.15) is 0 Å². The number of rotatable bonds is 5. The van der Waals surface area contributed by atoms with E-state index in [-0.39, 0.29) is 10.1 Å². The molecule has 1 heterocycles. The summed E-state index contributed by atoms with van der Waals surface area (Å²) in [7, 11) is -7.02. The maximum Gasteiger partial charge on any atom is 0.236 e. The van der Waals surface area contributed by atoms with E-state index in [1.165, 1.54) is 0 Å². The van der Waals surface area contributed by atoms with Crippen LogP contribution in [0.5, 0.6) is 0 Å². The van der Waals surface area contributed by atoms with Crippen molar-refractivity contribution in [2.75, 3.05) is 11.0 Å². The van der Waals surface area contributed by atoms with Gasteiger partial charge in [0.05, 0.1) is 21.7 Å². The monoisotopic (exact) mass is 416 g/mol. The highest BCUT2D eigenvalue weighted by Gasteiger charge is 2.16. The predicted octanol–water partition coefficient (Wildman–Crippen LogP) is 3.30. The lowest BCUT2D eigenvalue weighted by molar-refractivity contribution is 0.599. The van der Waals surface area contributed by atoms with E-state index in [2.05, 4.69) is 9.71 Å². The lowest BCUT2D eigenvalue weighted by Crippen LogP contribution is -2.14. The minimum absolute atomic E-state index is 0.00340. The van der Waals surface area contributed by atoms with Crippen molar-refractivity contribution >= 4 is 58.7 Å². The molecule has 6 nitrogen and oxygen atoms in total. The number of halogens is 1. The number of thiazole rings is 1. The van der Waals surface area contributed by atoms with Gasteiger partial charge in [-0.3, -0.25) is 4.72 Å². The van der Waals surface area contributed by atoms with E-state index in [4.69, 9.17) is 11.6 Å². The maximum atomic E-state index is 12.3. The average molecular weight is 417 g/mol. The van der Waals surface area contributed by atoms with Crippen molar-refractivity contribution in [3.63, 3.8) is 0 Å². The molecule has 10 heteroatoms. The smallest absolute Gasteiger partial charge is 0.236 e. The average Bonchev–Trinajstić information content (AvgIpc) is 2.92. The van der Waals surface area contributed by atoms with Crippen molar-refractivity contribution in [3.05, 3.63) is 53.1 Å². The van der Waals surface area contributed by atoms with Crippen molar-refractivity contribution in [3.8, 4) is 0 Å². The molecule has 25 heavy (non-hydrogen) atoms. The van der Waals surface area contributed by atoms with Gasteiger partial charge in [0.1, 0.15) is 0 Å². The summed E-state index contributed by atoms with van der Waals surface area (Å²) in [5.41, 5.74) is 1.46. The first kappa shape index (κ1) is 18.1. The van der Waals surface area contributed by atoms with Crippen LogP contribution >= 0.6 is 22.9 Å². The van der Waals surface area contributed by atoms with Crippen molar-refractivity contribution < 1.29 is 16.8 Å². The molecule has 0 fully saturated rings. The molecule has 0 amide bonds. The number of fused-ring (bicyclic) bond motifs is 1. The number of sulfone groups is 1. The van der Waals surface area contributed by atoms with Gasteiger partial charge in [-0.1, -0.05) is 23.7 Å². The fourth-order valence-corrected chi connectivity index (χ4v) is 5.33. The molecule has 1 aromatic heterocycles. The molecule has 0 aliphatic carbocycles.